The van der Waals surface area contributed by atoms with Gasteiger partial charge in [-0.05, 0) is 24.6 Å². The van der Waals surface area contributed by atoms with Crippen molar-refractivity contribution < 1.29 is 17.9 Å². The van der Waals surface area contributed by atoms with Gasteiger partial charge in [0.15, 0.2) is 11.5 Å². The van der Waals surface area contributed by atoms with Gasteiger partial charge in [-0.1, -0.05) is 6.07 Å². The summed E-state index contributed by atoms with van der Waals surface area (Å²) in [7, 11) is -1.45. The van der Waals surface area contributed by atoms with Crippen LogP contribution in [0.4, 0.5) is 0 Å². The fourth-order valence-corrected chi connectivity index (χ4v) is 3.39. The van der Waals surface area contributed by atoms with E-state index in [-0.39, 0.29) is 0 Å². The Morgan fingerprint density at radius 2 is 1.82 bits per heavy atom. The second-order valence-corrected chi connectivity index (χ2v) is 7.34. The molecule has 0 spiro atoms. The molecular formula is C15H24N2O4S. The number of piperazine rings is 1. The molecule has 0 bridgehead atoms. The van der Waals surface area contributed by atoms with Crippen LogP contribution in [-0.4, -0.2) is 63.8 Å². The van der Waals surface area contributed by atoms with Gasteiger partial charge in [0.2, 0.25) is 10.0 Å². The highest BCUT2D eigenvalue weighted by Crippen LogP contribution is 2.28. The maximum absolute atomic E-state index is 11.5. The van der Waals surface area contributed by atoms with Crippen LogP contribution >= 0.6 is 0 Å². The van der Waals surface area contributed by atoms with Crippen LogP contribution < -0.4 is 9.47 Å². The molecule has 1 aliphatic rings. The standard InChI is InChI=1S/C15H24N2O4S/c1-4-21-15-11-13(5-6-14(15)20-2)12-16-7-9-17(10-8-16)22(3,18)19/h5-6,11H,4,7-10,12H2,1-3H3. The second-order valence-electron chi connectivity index (χ2n) is 5.36. The molecule has 1 aromatic rings. The highest BCUT2D eigenvalue weighted by Gasteiger charge is 2.23. The predicted octanol–water partition coefficient (Wildman–Crippen LogP) is 1.17. The lowest BCUT2D eigenvalue weighted by atomic mass is 10.1. The smallest absolute Gasteiger partial charge is 0.211 e. The van der Waals surface area contributed by atoms with E-state index in [0.29, 0.717) is 19.7 Å². The number of hydrogen-bond donors (Lipinski definition) is 0. The summed E-state index contributed by atoms with van der Waals surface area (Å²) in [5.41, 5.74) is 1.14. The van der Waals surface area contributed by atoms with Gasteiger partial charge in [-0.25, -0.2) is 8.42 Å². The Bertz CT molecular complexity index is 596. The first-order valence-electron chi connectivity index (χ1n) is 7.41. The van der Waals surface area contributed by atoms with Crippen LogP contribution in [0.1, 0.15) is 12.5 Å². The summed E-state index contributed by atoms with van der Waals surface area (Å²) in [5, 5.41) is 0. The Morgan fingerprint density at radius 1 is 1.14 bits per heavy atom. The molecule has 0 radical (unpaired) electrons. The first-order chi connectivity index (χ1) is 10.4. The van der Waals surface area contributed by atoms with Crippen molar-refractivity contribution in [3.63, 3.8) is 0 Å². The van der Waals surface area contributed by atoms with Crippen molar-refractivity contribution in [3.8, 4) is 11.5 Å². The molecule has 124 valence electrons. The summed E-state index contributed by atoms with van der Waals surface area (Å²) < 4.78 is 35.4. The minimum absolute atomic E-state index is 0.549. The van der Waals surface area contributed by atoms with Crippen molar-refractivity contribution in [3.05, 3.63) is 23.8 Å². The minimum Gasteiger partial charge on any atom is -0.493 e. The van der Waals surface area contributed by atoms with Crippen LogP contribution in [0.25, 0.3) is 0 Å². The van der Waals surface area contributed by atoms with E-state index < -0.39 is 10.0 Å². The van der Waals surface area contributed by atoms with E-state index in [1.165, 1.54) is 10.6 Å². The molecule has 1 aliphatic heterocycles. The van der Waals surface area contributed by atoms with Crippen molar-refractivity contribution in [2.45, 2.75) is 13.5 Å². The quantitative estimate of drug-likeness (QED) is 0.784. The molecule has 0 aromatic heterocycles. The maximum Gasteiger partial charge on any atom is 0.211 e. The summed E-state index contributed by atoms with van der Waals surface area (Å²) in [6.45, 7) is 5.89. The van der Waals surface area contributed by atoms with E-state index in [2.05, 4.69) is 4.90 Å². The average molecular weight is 328 g/mol. The summed E-state index contributed by atoms with van der Waals surface area (Å²) in [6.07, 6.45) is 1.26. The number of nitrogens with zero attached hydrogens (tertiary/aromatic N) is 2. The van der Waals surface area contributed by atoms with E-state index >= 15 is 0 Å². The van der Waals surface area contributed by atoms with Gasteiger partial charge in [0.25, 0.3) is 0 Å². The lowest BCUT2D eigenvalue weighted by Crippen LogP contribution is -2.47. The first kappa shape index (κ1) is 17.1. The third kappa shape index (κ3) is 4.34. The van der Waals surface area contributed by atoms with Crippen LogP contribution in [0.3, 0.4) is 0 Å². The SMILES string of the molecule is CCOc1cc(CN2CCN(S(C)(=O)=O)CC2)ccc1OC. The average Bonchev–Trinajstić information content (AvgIpc) is 2.47. The second kappa shape index (κ2) is 7.30. The zero-order chi connectivity index (χ0) is 16.2. The fraction of sp³-hybridized carbons (Fsp3) is 0.600. The molecule has 0 saturated carbocycles. The summed E-state index contributed by atoms with van der Waals surface area (Å²) >= 11 is 0. The Kier molecular flexibility index (Phi) is 5.66. The highest BCUT2D eigenvalue weighted by atomic mass is 32.2. The predicted molar refractivity (Wildman–Crippen MR) is 85.9 cm³/mol. The van der Waals surface area contributed by atoms with Gasteiger partial charge in [-0.3, -0.25) is 4.90 Å². The van der Waals surface area contributed by atoms with E-state index in [0.717, 1.165) is 36.7 Å². The van der Waals surface area contributed by atoms with Gasteiger partial charge in [0, 0.05) is 32.7 Å². The van der Waals surface area contributed by atoms with Crippen molar-refractivity contribution >= 4 is 10.0 Å². The molecule has 7 heteroatoms. The van der Waals surface area contributed by atoms with Gasteiger partial charge in [0.1, 0.15) is 0 Å². The molecule has 0 atom stereocenters. The first-order valence-corrected chi connectivity index (χ1v) is 9.26. The number of benzene rings is 1. The maximum atomic E-state index is 11.5. The number of rotatable bonds is 6. The highest BCUT2D eigenvalue weighted by molar-refractivity contribution is 7.88. The normalized spacial score (nSPS) is 17.4. The van der Waals surface area contributed by atoms with E-state index in [4.69, 9.17) is 9.47 Å². The Hall–Kier alpha value is -1.31. The fourth-order valence-electron chi connectivity index (χ4n) is 2.57. The van der Waals surface area contributed by atoms with E-state index in [1.54, 1.807) is 7.11 Å². The Balaban J connectivity index is 1.99. The summed E-state index contributed by atoms with van der Waals surface area (Å²) in [5.74, 6) is 1.48. The molecule has 2 rings (SSSR count). The molecule has 1 heterocycles. The summed E-state index contributed by atoms with van der Waals surface area (Å²) in [4.78, 5) is 2.25. The molecule has 1 aromatic carbocycles. The van der Waals surface area contributed by atoms with Gasteiger partial charge in [-0.15, -0.1) is 0 Å². The van der Waals surface area contributed by atoms with Gasteiger partial charge in [-0.2, -0.15) is 4.31 Å². The van der Waals surface area contributed by atoms with Gasteiger partial charge >= 0.3 is 0 Å². The van der Waals surface area contributed by atoms with Crippen LogP contribution in [0, 0.1) is 0 Å². The number of hydrogen-bond acceptors (Lipinski definition) is 5. The number of ether oxygens (including phenoxy) is 2. The topological polar surface area (TPSA) is 59.1 Å². The Labute approximate surface area is 132 Å². The largest absolute Gasteiger partial charge is 0.493 e. The molecule has 1 saturated heterocycles. The third-order valence-corrected chi connectivity index (χ3v) is 5.04. The molecule has 0 N–H and O–H groups in total. The zero-order valence-electron chi connectivity index (χ0n) is 13.4. The van der Waals surface area contributed by atoms with Crippen molar-refractivity contribution in [1.29, 1.82) is 0 Å². The van der Waals surface area contributed by atoms with Crippen molar-refractivity contribution in [2.24, 2.45) is 0 Å². The van der Waals surface area contributed by atoms with E-state index in [1.807, 2.05) is 25.1 Å². The lowest BCUT2D eigenvalue weighted by molar-refractivity contribution is 0.182. The molecular weight excluding hydrogens is 304 g/mol. The number of methoxy groups -OCH3 is 1. The van der Waals surface area contributed by atoms with Gasteiger partial charge < -0.3 is 9.47 Å². The zero-order valence-corrected chi connectivity index (χ0v) is 14.2. The third-order valence-electron chi connectivity index (χ3n) is 3.73. The van der Waals surface area contributed by atoms with Crippen LogP contribution in [-0.2, 0) is 16.6 Å². The molecule has 1 fully saturated rings. The van der Waals surface area contributed by atoms with Crippen molar-refractivity contribution in [2.75, 3.05) is 46.2 Å². The van der Waals surface area contributed by atoms with Gasteiger partial charge in [0.05, 0.1) is 20.0 Å². The molecule has 22 heavy (non-hydrogen) atoms. The molecule has 0 amide bonds. The minimum atomic E-state index is -3.08. The lowest BCUT2D eigenvalue weighted by Gasteiger charge is -2.33. The van der Waals surface area contributed by atoms with Crippen LogP contribution in [0.5, 0.6) is 11.5 Å². The number of sulfonamides is 1. The molecule has 6 nitrogen and oxygen atoms in total. The van der Waals surface area contributed by atoms with Crippen molar-refractivity contribution in [1.82, 2.24) is 9.21 Å². The Morgan fingerprint density at radius 3 is 2.36 bits per heavy atom. The molecule has 0 unspecified atom stereocenters. The monoisotopic (exact) mass is 328 g/mol. The summed E-state index contributed by atoms with van der Waals surface area (Å²) in [6, 6.07) is 5.92. The van der Waals surface area contributed by atoms with E-state index in [9.17, 15) is 8.42 Å². The van der Waals surface area contributed by atoms with Crippen LogP contribution in [0.15, 0.2) is 18.2 Å². The van der Waals surface area contributed by atoms with Crippen LogP contribution in [0.2, 0.25) is 0 Å². The molecule has 0 aliphatic carbocycles.